The molecular weight excluding hydrogens is 442 g/mol. The summed E-state index contributed by atoms with van der Waals surface area (Å²) in [5.74, 6) is 1.59. The fourth-order valence-corrected chi connectivity index (χ4v) is 4.14. The van der Waals surface area contributed by atoms with Gasteiger partial charge in [0, 0.05) is 19.7 Å². The van der Waals surface area contributed by atoms with Gasteiger partial charge in [0.1, 0.15) is 35.4 Å². The van der Waals surface area contributed by atoms with Gasteiger partial charge in [-0.15, -0.1) is 0 Å². The topological polar surface area (TPSA) is 39.5 Å². The van der Waals surface area contributed by atoms with Crippen molar-refractivity contribution >= 4 is 28.2 Å². The number of thiocarbonyl (C=S) groups is 1. The van der Waals surface area contributed by atoms with E-state index < -0.39 is 0 Å². The van der Waals surface area contributed by atoms with Crippen molar-refractivity contribution in [2.45, 2.75) is 40.7 Å². The molecule has 0 bridgehead atoms. The van der Waals surface area contributed by atoms with E-state index in [1.807, 2.05) is 50.2 Å². The molecule has 176 valence electrons. The van der Waals surface area contributed by atoms with E-state index in [9.17, 15) is 0 Å². The van der Waals surface area contributed by atoms with E-state index in [0.29, 0.717) is 19.9 Å². The van der Waals surface area contributed by atoms with Crippen LogP contribution >= 0.6 is 12.2 Å². The lowest BCUT2D eigenvalue weighted by Crippen LogP contribution is -2.20. The van der Waals surface area contributed by atoms with Crippen molar-refractivity contribution < 1.29 is 9.47 Å². The van der Waals surface area contributed by atoms with Crippen molar-refractivity contribution in [3.8, 4) is 5.75 Å². The van der Waals surface area contributed by atoms with Crippen molar-refractivity contribution in [3.05, 3.63) is 94.3 Å². The minimum absolute atomic E-state index is 0.395. The van der Waals surface area contributed by atoms with E-state index in [-0.39, 0.29) is 0 Å². The molecule has 0 unspecified atom stereocenters. The Morgan fingerprint density at radius 1 is 0.941 bits per heavy atom. The molecule has 0 spiro atoms. The molecule has 5 nitrogen and oxygen atoms in total. The van der Waals surface area contributed by atoms with Gasteiger partial charge in [-0.05, 0) is 55.2 Å². The van der Waals surface area contributed by atoms with Crippen LogP contribution in [-0.4, -0.2) is 33.5 Å². The summed E-state index contributed by atoms with van der Waals surface area (Å²) in [7, 11) is 3.91. The SMILES string of the molecule is Cc1cccc(C)c1COc1cc(C(=S)N(C)C)cc2c1nc(C)n2COCc1ccccc1. The van der Waals surface area contributed by atoms with Gasteiger partial charge in [-0.1, -0.05) is 60.7 Å². The van der Waals surface area contributed by atoms with Gasteiger partial charge < -0.3 is 18.9 Å². The van der Waals surface area contributed by atoms with Crippen molar-refractivity contribution in [1.82, 2.24) is 14.5 Å². The van der Waals surface area contributed by atoms with Crippen LogP contribution < -0.4 is 4.74 Å². The molecule has 1 aromatic heterocycles. The molecule has 0 saturated carbocycles. The lowest BCUT2D eigenvalue weighted by Gasteiger charge is -2.17. The number of benzene rings is 3. The molecule has 0 fully saturated rings. The first-order valence-electron chi connectivity index (χ1n) is 11.4. The number of aromatic nitrogens is 2. The molecular formula is C28H31N3O2S. The molecule has 0 aliphatic carbocycles. The highest BCUT2D eigenvalue weighted by molar-refractivity contribution is 7.80. The summed E-state index contributed by atoms with van der Waals surface area (Å²) < 4.78 is 14.5. The van der Waals surface area contributed by atoms with Gasteiger partial charge in [-0.3, -0.25) is 0 Å². The van der Waals surface area contributed by atoms with Crippen molar-refractivity contribution in [2.24, 2.45) is 0 Å². The van der Waals surface area contributed by atoms with Crippen molar-refractivity contribution in [2.75, 3.05) is 14.1 Å². The van der Waals surface area contributed by atoms with Crippen LogP contribution in [0.2, 0.25) is 0 Å². The fraction of sp³-hybridized carbons (Fsp3) is 0.286. The molecule has 4 rings (SSSR count). The van der Waals surface area contributed by atoms with Crippen LogP contribution in [0.5, 0.6) is 5.75 Å². The summed E-state index contributed by atoms with van der Waals surface area (Å²) >= 11 is 5.70. The van der Waals surface area contributed by atoms with E-state index in [2.05, 4.69) is 54.8 Å². The van der Waals surface area contributed by atoms with Gasteiger partial charge in [0.05, 0.1) is 12.1 Å². The van der Waals surface area contributed by atoms with Crippen molar-refractivity contribution in [1.29, 1.82) is 0 Å². The minimum atomic E-state index is 0.395. The van der Waals surface area contributed by atoms with Gasteiger partial charge in [-0.25, -0.2) is 4.98 Å². The highest BCUT2D eigenvalue weighted by atomic mass is 32.1. The molecule has 0 aliphatic rings. The summed E-state index contributed by atoms with van der Waals surface area (Å²) in [6.45, 7) is 7.62. The summed E-state index contributed by atoms with van der Waals surface area (Å²) in [6.07, 6.45) is 0. The Morgan fingerprint density at radius 3 is 2.32 bits per heavy atom. The second-order valence-electron chi connectivity index (χ2n) is 8.75. The Labute approximate surface area is 206 Å². The number of hydrogen-bond acceptors (Lipinski definition) is 4. The number of aryl methyl sites for hydroxylation is 3. The quantitative estimate of drug-likeness (QED) is 0.296. The lowest BCUT2D eigenvalue weighted by molar-refractivity contribution is 0.0652. The molecule has 3 aromatic carbocycles. The number of nitrogens with zero attached hydrogens (tertiary/aromatic N) is 3. The summed E-state index contributed by atoms with van der Waals surface area (Å²) in [6, 6.07) is 20.5. The van der Waals surface area contributed by atoms with Crippen molar-refractivity contribution in [3.63, 3.8) is 0 Å². The predicted molar refractivity (Wildman–Crippen MR) is 141 cm³/mol. The molecule has 0 amide bonds. The molecule has 1 heterocycles. The van der Waals surface area contributed by atoms with Gasteiger partial charge in [0.15, 0.2) is 0 Å². The van der Waals surface area contributed by atoms with Crippen LogP contribution in [0.15, 0.2) is 60.7 Å². The number of rotatable bonds is 8. The molecule has 34 heavy (non-hydrogen) atoms. The standard InChI is InChI=1S/C28H31N3O2S/c1-19-10-9-11-20(2)24(19)17-33-26-15-23(28(34)30(4)5)14-25-27(26)29-21(3)31(25)18-32-16-22-12-7-6-8-13-22/h6-15H,16-18H2,1-5H3. The van der Waals surface area contributed by atoms with Gasteiger partial charge in [-0.2, -0.15) is 0 Å². The second kappa shape index (κ2) is 10.4. The molecule has 0 saturated heterocycles. The largest absolute Gasteiger partial charge is 0.487 e. The van der Waals surface area contributed by atoms with Crippen LogP contribution in [-0.2, 0) is 24.7 Å². The summed E-state index contributed by atoms with van der Waals surface area (Å²) in [5, 5.41) is 0. The molecule has 0 aliphatic heterocycles. The third-order valence-electron chi connectivity index (χ3n) is 6.01. The van der Waals surface area contributed by atoms with Crippen LogP contribution in [0, 0.1) is 20.8 Å². The average Bonchev–Trinajstić information content (AvgIpc) is 3.14. The van der Waals surface area contributed by atoms with Crippen LogP contribution in [0.3, 0.4) is 0 Å². The van der Waals surface area contributed by atoms with Gasteiger partial charge in [0.25, 0.3) is 0 Å². The smallest absolute Gasteiger partial charge is 0.148 e. The van der Waals surface area contributed by atoms with E-state index in [0.717, 1.165) is 38.7 Å². The van der Waals surface area contributed by atoms with Crippen LogP contribution in [0.4, 0.5) is 0 Å². The number of imidazole rings is 1. The Balaban J connectivity index is 1.68. The first-order valence-corrected chi connectivity index (χ1v) is 11.8. The van der Waals surface area contributed by atoms with Crippen LogP contribution in [0.1, 0.15) is 33.6 Å². The zero-order valence-corrected chi connectivity index (χ0v) is 21.3. The number of hydrogen-bond donors (Lipinski definition) is 0. The highest BCUT2D eigenvalue weighted by Crippen LogP contribution is 2.30. The molecule has 0 radical (unpaired) electrons. The molecule has 4 aromatic rings. The van der Waals surface area contributed by atoms with E-state index >= 15 is 0 Å². The Kier molecular flexibility index (Phi) is 7.29. The Hall–Kier alpha value is -3.22. The lowest BCUT2D eigenvalue weighted by atomic mass is 10.0. The zero-order chi connectivity index (χ0) is 24.2. The normalized spacial score (nSPS) is 11.1. The maximum atomic E-state index is 6.38. The highest BCUT2D eigenvalue weighted by Gasteiger charge is 2.17. The number of ether oxygens (including phenoxy) is 2. The monoisotopic (exact) mass is 473 g/mol. The third-order valence-corrected chi connectivity index (χ3v) is 6.61. The fourth-order valence-electron chi connectivity index (χ4n) is 4.02. The average molecular weight is 474 g/mol. The maximum absolute atomic E-state index is 6.38. The summed E-state index contributed by atoms with van der Waals surface area (Å²) in [5.41, 5.74) is 7.45. The Bertz CT molecular complexity index is 1290. The maximum Gasteiger partial charge on any atom is 0.148 e. The third kappa shape index (κ3) is 5.13. The summed E-state index contributed by atoms with van der Waals surface area (Å²) in [4.78, 5) is 7.52. The predicted octanol–water partition coefficient (Wildman–Crippen LogP) is 5.95. The molecule has 6 heteroatoms. The van der Waals surface area contributed by atoms with Gasteiger partial charge in [0.2, 0.25) is 0 Å². The molecule has 0 N–H and O–H groups in total. The minimum Gasteiger partial charge on any atom is -0.487 e. The zero-order valence-electron chi connectivity index (χ0n) is 20.5. The van der Waals surface area contributed by atoms with Crippen LogP contribution in [0.25, 0.3) is 11.0 Å². The molecule has 0 atom stereocenters. The first kappa shape index (κ1) is 23.9. The Morgan fingerprint density at radius 2 is 1.65 bits per heavy atom. The second-order valence-corrected chi connectivity index (χ2v) is 9.14. The first-order chi connectivity index (χ1) is 16.3. The number of fused-ring (bicyclic) bond motifs is 1. The van der Waals surface area contributed by atoms with E-state index in [1.54, 1.807) is 0 Å². The van der Waals surface area contributed by atoms with E-state index in [1.165, 1.54) is 16.7 Å². The van der Waals surface area contributed by atoms with Gasteiger partial charge >= 0.3 is 0 Å². The van der Waals surface area contributed by atoms with E-state index in [4.69, 9.17) is 26.7 Å².